The van der Waals surface area contributed by atoms with E-state index >= 15 is 0 Å². The van der Waals surface area contributed by atoms with Crippen LogP contribution in [-0.2, 0) is 11.2 Å². The van der Waals surface area contributed by atoms with Gasteiger partial charge < -0.3 is 11.1 Å². The maximum absolute atomic E-state index is 13.5. The average Bonchev–Trinajstić information content (AvgIpc) is 2.79. The van der Waals surface area contributed by atoms with Gasteiger partial charge in [0.05, 0.1) is 5.92 Å². The van der Waals surface area contributed by atoms with Crippen LogP contribution in [0, 0.1) is 5.92 Å². The van der Waals surface area contributed by atoms with Crippen LogP contribution in [0.2, 0.25) is 0 Å². The summed E-state index contributed by atoms with van der Waals surface area (Å²) in [6.07, 6.45) is 3.76. The Labute approximate surface area is 186 Å². The van der Waals surface area contributed by atoms with Crippen molar-refractivity contribution in [3.8, 4) is 0 Å². The van der Waals surface area contributed by atoms with Crippen LogP contribution in [-0.4, -0.2) is 18.5 Å². The van der Waals surface area contributed by atoms with Crippen molar-refractivity contribution < 1.29 is 4.79 Å². The van der Waals surface area contributed by atoms with Crippen molar-refractivity contribution in [1.29, 1.82) is 0 Å². The molecule has 3 nitrogen and oxygen atoms in total. The lowest BCUT2D eigenvalue weighted by Crippen LogP contribution is -2.40. The second-order valence-electron chi connectivity index (χ2n) is 8.42. The second kappa shape index (κ2) is 12.1. The maximum Gasteiger partial charge on any atom is 0.232 e. The fourth-order valence-electron chi connectivity index (χ4n) is 4.27. The third kappa shape index (κ3) is 7.08. The zero-order valence-electron chi connectivity index (χ0n) is 18.4. The van der Waals surface area contributed by atoms with E-state index < -0.39 is 0 Å². The Kier molecular flexibility index (Phi) is 8.86. The van der Waals surface area contributed by atoms with E-state index in [-0.39, 0.29) is 17.9 Å². The summed E-state index contributed by atoms with van der Waals surface area (Å²) in [5.74, 6) is 0.218. The number of nitrogens with two attached hydrogens (primary N) is 1. The number of carbonyl (C=O) groups is 1. The first kappa shape index (κ1) is 22.8. The van der Waals surface area contributed by atoms with Crippen LogP contribution < -0.4 is 11.1 Å². The molecule has 0 aliphatic carbocycles. The van der Waals surface area contributed by atoms with Crippen LogP contribution in [0.3, 0.4) is 0 Å². The highest BCUT2D eigenvalue weighted by Crippen LogP contribution is 2.26. The normalized spacial score (nSPS) is 13.0. The van der Waals surface area contributed by atoms with E-state index in [1.807, 2.05) is 66.7 Å². The highest BCUT2D eigenvalue weighted by atomic mass is 16.1. The summed E-state index contributed by atoms with van der Waals surface area (Å²) < 4.78 is 0. The third-order valence-corrected chi connectivity index (χ3v) is 5.74. The Morgan fingerprint density at radius 3 is 1.87 bits per heavy atom. The average molecular weight is 415 g/mol. The van der Waals surface area contributed by atoms with Gasteiger partial charge in [-0.2, -0.15) is 0 Å². The number of carbonyl (C=O) groups excluding carboxylic acids is 1. The summed E-state index contributed by atoms with van der Waals surface area (Å²) in [4.78, 5) is 13.5. The van der Waals surface area contributed by atoms with Crippen molar-refractivity contribution in [2.45, 2.75) is 44.6 Å². The van der Waals surface area contributed by atoms with Gasteiger partial charge in [0.1, 0.15) is 0 Å². The molecule has 3 aromatic carbocycles. The van der Waals surface area contributed by atoms with E-state index in [2.05, 4.69) is 36.5 Å². The predicted molar refractivity (Wildman–Crippen MR) is 129 cm³/mol. The molecule has 3 heteroatoms. The van der Waals surface area contributed by atoms with Crippen LogP contribution in [0.15, 0.2) is 91.0 Å². The van der Waals surface area contributed by atoms with E-state index in [4.69, 9.17) is 5.73 Å². The minimum atomic E-state index is -0.313. The summed E-state index contributed by atoms with van der Waals surface area (Å²) in [6, 6.07) is 30.7. The zero-order valence-corrected chi connectivity index (χ0v) is 18.4. The monoisotopic (exact) mass is 414 g/mol. The first-order valence-electron chi connectivity index (χ1n) is 11.3. The largest absolute Gasteiger partial charge is 0.353 e. The molecular formula is C28H34N2O. The van der Waals surface area contributed by atoms with Gasteiger partial charge in [0.2, 0.25) is 5.91 Å². The van der Waals surface area contributed by atoms with Crippen molar-refractivity contribution in [1.82, 2.24) is 5.32 Å². The van der Waals surface area contributed by atoms with E-state index in [1.54, 1.807) is 0 Å². The zero-order chi connectivity index (χ0) is 21.9. The molecule has 31 heavy (non-hydrogen) atoms. The molecule has 0 aliphatic rings. The van der Waals surface area contributed by atoms with E-state index in [1.165, 1.54) is 5.56 Å². The lowest BCUT2D eigenvalue weighted by molar-refractivity contribution is -0.122. The number of nitrogens with one attached hydrogen (secondary N) is 1. The number of benzene rings is 3. The Hall–Kier alpha value is -2.91. The van der Waals surface area contributed by atoms with Gasteiger partial charge in [-0.15, -0.1) is 0 Å². The van der Waals surface area contributed by atoms with E-state index in [9.17, 15) is 4.79 Å². The van der Waals surface area contributed by atoms with Crippen LogP contribution >= 0.6 is 0 Å². The first-order valence-corrected chi connectivity index (χ1v) is 11.3. The summed E-state index contributed by atoms with van der Waals surface area (Å²) in [7, 11) is 0. The number of hydrogen-bond donors (Lipinski definition) is 2. The molecule has 0 aliphatic heterocycles. The number of rotatable bonds is 11. The maximum atomic E-state index is 13.5. The molecule has 3 N–H and O–H groups in total. The van der Waals surface area contributed by atoms with Gasteiger partial charge in [-0.1, -0.05) is 97.9 Å². The second-order valence-corrected chi connectivity index (χ2v) is 8.42. The highest BCUT2D eigenvalue weighted by molar-refractivity contribution is 5.87. The van der Waals surface area contributed by atoms with Crippen LogP contribution in [0.5, 0.6) is 0 Å². The third-order valence-electron chi connectivity index (χ3n) is 5.74. The molecule has 0 bridgehead atoms. The molecule has 1 amide bonds. The SMILES string of the molecule is C[C@H](Cc1ccccc1)C[C@H](CCCN)NC(=O)C(c1ccccc1)c1ccccc1. The Morgan fingerprint density at radius 2 is 1.35 bits per heavy atom. The summed E-state index contributed by atoms with van der Waals surface area (Å²) in [5, 5.41) is 3.37. The van der Waals surface area contributed by atoms with Crippen LogP contribution in [0.4, 0.5) is 0 Å². The summed E-state index contributed by atoms with van der Waals surface area (Å²) >= 11 is 0. The lowest BCUT2D eigenvalue weighted by Gasteiger charge is -2.26. The summed E-state index contributed by atoms with van der Waals surface area (Å²) in [5.41, 5.74) is 9.16. The Bertz CT molecular complexity index is 857. The van der Waals surface area contributed by atoms with Gasteiger partial charge >= 0.3 is 0 Å². The van der Waals surface area contributed by atoms with Gasteiger partial charge in [0, 0.05) is 6.04 Å². The molecule has 3 aromatic rings. The Morgan fingerprint density at radius 1 is 0.839 bits per heavy atom. The molecule has 0 saturated heterocycles. The van der Waals surface area contributed by atoms with Crippen LogP contribution in [0.1, 0.15) is 48.8 Å². The minimum absolute atomic E-state index is 0.0614. The molecular weight excluding hydrogens is 380 g/mol. The predicted octanol–water partition coefficient (Wildman–Crippen LogP) is 5.31. The van der Waals surface area contributed by atoms with E-state index in [0.29, 0.717) is 12.5 Å². The Balaban J connectivity index is 1.74. The van der Waals surface area contributed by atoms with Gasteiger partial charge in [-0.05, 0) is 54.8 Å². The van der Waals surface area contributed by atoms with Gasteiger partial charge in [-0.3, -0.25) is 4.79 Å². The number of amides is 1. The smallest absolute Gasteiger partial charge is 0.232 e. The molecule has 0 spiro atoms. The fourth-order valence-corrected chi connectivity index (χ4v) is 4.27. The van der Waals surface area contributed by atoms with Crippen molar-refractivity contribution in [2.75, 3.05) is 6.54 Å². The molecule has 0 saturated carbocycles. The highest BCUT2D eigenvalue weighted by Gasteiger charge is 2.25. The van der Waals surface area contributed by atoms with Gasteiger partial charge in [-0.25, -0.2) is 0 Å². The molecule has 2 atom stereocenters. The van der Waals surface area contributed by atoms with E-state index in [0.717, 1.165) is 36.8 Å². The quantitative estimate of drug-likeness (QED) is 0.447. The molecule has 0 heterocycles. The molecule has 0 radical (unpaired) electrons. The standard InChI is InChI=1S/C28H34N2O/c1-22(20-23-12-5-2-6-13-23)21-26(18-11-19-29)30-28(31)27(24-14-7-3-8-15-24)25-16-9-4-10-17-25/h2-10,12-17,22,26-27H,11,18-21,29H2,1H3,(H,30,31)/t22-,26+/m1/s1. The molecule has 0 unspecified atom stereocenters. The molecule has 0 aromatic heterocycles. The minimum Gasteiger partial charge on any atom is -0.353 e. The summed E-state index contributed by atoms with van der Waals surface area (Å²) in [6.45, 7) is 2.90. The van der Waals surface area contributed by atoms with Crippen molar-refractivity contribution in [3.63, 3.8) is 0 Å². The molecule has 162 valence electrons. The van der Waals surface area contributed by atoms with Crippen molar-refractivity contribution in [3.05, 3.63) is 108 Å². The molecule has 0 fully saturated rings. The van der Waals surface area contributed by atoms with Gasteiger partial charge in [0.25, 0.3) is 0 Å². The topological polar surface area (TPSA) is 55.1 Å². The van der Waals surface area contributed by atoms with Crippen molar-refractivity contribution >= 4 is 5.91 Å². The fraction of sp³-hybridized carbons (Fsp3) is 0.321. The van der Waals surface area contributed by atoms with Crippen LogP contribution in [0.25, 0.3) is 0 Å². The molecule has 3 rings (SSSR count). The van der Waals surface area contributed by atoms with Gasteiger partial charge in [0.15, 0.2) is 0 Å². The lowest BCUT2D eigenvalue weighted by atomic mass is 9.88. The van der Waals surface area contributed by atoms with Crippen molar-refractivity contribution in [2.24, 2.45) is 11.7 Å². The number of hydrogen-bond acceptors (Lipinski definition) is 2. The first-order chi connectivity index (χ1) is 15.2.